The van der Waals surface area contributed by atoms with E-state index in [4.69, 9.17) is 23.2 Å². The molecule has 0 spiro atoms. The summed E-state index contributed by atoms with van der Waals surface area (Å²) in [6, 6.07) is 11.4. The molecule has 6 heterocycles. The number of aromatic hydroxyl groups is 2. The van der Waals surface area contributed by atoms with Crippen molar-refractivity contribution in [3.8, 4) is 11.5 Å². The lowest BCUT2D eigenvalue weighted by Crippen LogP contribution is -2.44. The first-order chi connectivity index (χ1) is 33.3. The number of nitrogens with one attached hydrogen (secondary N) is 2. The second-order valence-corrected chi connectivity index (χ2v) is 17.6. The van der Waals surface area contributed by atoms with Gasteiger partial charge in [0, 0.05) is 95.4 Å². The highest BCUT2D eigenvalue weighted by Gasteiger charge is 2.40. The van der Waals surface area contributed by atoms with Crippen LogP contribution in [0.3, 0.4) is 0 Å². The molecule has 22 heteroatoms. The molecule has 0 aliphatic carbocycles. The van der Waals surface area contributed by atoms with Crippen molar-refractivity contribution < 1.29 is 55.7 Å². The van der Waals surface area contributed by atoms with E-state index in [1.165, 1.54) is 31.3 Å². The standard InChI is InChI=1S/2C24H17ClF3N3O4/c2*25-12-2-4-19-11(5-12)1-3-14-9-31(19)24(35)20-22(33)21(32)16(10-30(14)20)23(34)29-8-15-17(27)6-13(26)7-18(15)28/h2*2,4-7,10,14,33H,1,3,8-9H2,(H,29,34). The molecular formula is C48H34Cl2F6N6O8. The predicted octanol–water partition coefficient (Wildman–Crippen LogP) is 7.40. The molecular weight excluding hydrogens is 973 g/mol. The van der Waals surface area contributed by atoms with Crippen LogP contribution in [-0.4, -0.2) is 56.1 Å². The monoisotopic (exact) mass is 1010 g/mol. The van der Waals surface area contributed by atoms with Crippen molar-refractivity contribution in [3.05, 3.63) is 183 Å². The fourth-order valence-electron chi connectivity index (χ4n) is 9.15. The van der Waals surface area contributed by atoms with Gasteiger partial charge < -0.3 is 39.8 Å². The lowest BCUT2D eigenvalue weighted by Gasteiger charge is -2.35. The third kappa shape index (κ3) is 8.50. The minimum atomic E-state index is -1.20. The minimum Gasteiger partial charge on any atom is -0.503 e. The van der Waals surface area contributed by atoms with Crippen LogP contribution in [0.15, 0.2) is 82.6 Å². The molecule has 2 atom stereocenters. The summed E-state index contributed by atoms with van der Waals surface area (Å²) in [5, 5.41) is 26.7. The quantitative estimate of drug-likeness (QED) is 0.125. The van der Waals surface area contributed by atoms with E-state index in [1.807, 2.05) is 0 Å². The fourth-order valence-corrected chi connectivity index (χ4v) is 9.54. The Hall–Kier alpha value is -7.58. The molecule has 360 valence electrons. The van der Waals surface area contributed by atoms with Gasteiger partial charge in [-0.15, -0.1) is 0 Å². The van der Waals surface area contributed by atoms with E-state index in [1.54, 1.807) is 36.4 Å². The molecule has 14 nitrogen and oxygen atoms in total. The van der Waals surface area contributed by atoms with Crippen molar-refractivity contribution in [1.29, 1.82) is 0 Å². The summed E-state index contributed by atoms with van der Waals surface area (Å²) in [6.07, 6.45) is 4.52. The molecule has 70 heavy (non-hydrogen) atoms. The molecule has 4 aliphatic rings. The summed E-state index contributed by atoms with van der Waals surface area (Å²) in [5.74, 6) is -12.0. The maximum Gasteiger partial charge on any atom is 0.279 e. The van der Waals surface area contributed by atoms with E-state index >= 15 is 0 Å². The van der Waals surface area contributed by atoms with E-state index in [0.29, 0.717) is 71.4 Å². The van der Waals surface area contributed by atoms with Crippen LogP contribution in [0.4, 0.5) is 37.7 Å². The SMILES string of the molecule is O=C(NCc1c(F)cc(F)cc1F)c1cn2c(c(O)c1=O)C(=O)N1CC2CCc2cc(Cl)ccc21.O=C(NCc1c(F)cc(F)cc1F)c1cn2c(c(O)c1=O)C(=O)N1CC2CCc2cc(Cl)ccc21. The number of anilines is 2. The zero-order valence-electron chi connectivity index (χ0n) is 35.9. The number of rotatable bonds is 6. The second kappa shape index (κ2) is 18.4. The molecule has 4 N–H and O–H groups in total. The smallest absolute Gasteiger partial charge is 0.279 e. The summed E-state index contributed by atoms with van der Waals surface area (Å²) in [6.45, 7) is -0.832. The molecule has 0 fully saturated rings. The van der Waals surface area contributed by atoms with Crippen molar-refractivity contribution in [1.82, 2.24) is 19.8 Å². The van der Waals surface area contributed by atoms with E-state index in [-0.39, 0.29) is 36.6 Å². The molecule has 2 aromatic heterocycles. The highest BCUT2D eigenvalue weighted by atomic mass is 35.5. The Kier molecular flexibility index (Phi) is 12.5. The van der Waals surface area contributed by atoms with Gasteiger partial charge in [-0.2, -0.15) is 0 Å². The van der Waals surface area contributed by atoms with Crippen molar-refractivity contribution in [2.24, 2.45) is 0 Å². The Morgan fingerprint density at radius 1 is 0.571 bits per heavy atom. The summed E-state index contributed by atoms with van der Waals surface area (Å²) in [7, 11) is 0. The van der Waals surface area contributed by atoms with Crippen LogP contribution in [0.1, 0.15) is 88.9 Å². The topological polar surface area (TPSA) is 183 Å². The summed E-state index contributed by atoms with van der Waals surface area (Å²) < 4.78 is 84.7. The molecule has 4 aromatic carbocycles. The van der Waals surface area contributed by atoms with E-state index < -0.39 is 116 Å². The Balaban J connectivity index is 0.000000174. The first-order valence-electron chi connectivity index (χ1n) is 21.3. The van der Waals surface area contributed by atoms with Crippen molar-refractivity contribution in [3.63, 3.8) is 0 Å². The predicted molar refractivity (Wildman–Crippen MR) is 241 cm³/mol. The Labute approximate surface area is 400 Å². The molecule has 4 amide bonds. The number of halogens is 8. The number of carbonyl (C=O) groups is 4. The Morgan fingerprint density at radius 2 is 0.929 bits per heavy atom. The molecule has 4 bridgehead atoms. The number of amides is 4. The Morgan fingerprint density at radius 3 is 1.29 bits per heavy atom. The molecule has 0 saturated carbocycles. The van der Waals surface area contributed by atoms with E-state index in [9.17, 15) is 65.3 Å². The highest BCUT2D eigenvalue weighted by Crippen LogP contribution is 2.40. The van der Waals surface area contributed by atoms with Crippen LogP contribution < -0.4 is 31.3 Å². The van der Waals surface area contributed by atoms with Crippen LogP contribution in [-0.2, 0) is 25.9 Å². The first-order valence-corrected chi connectivity index (χ1v) is 22.1. The normalized spacial score (nSPS) is 16.4. The van der Waals surface area contributed by atoms with Gasteiger partial charge in [0.15, 0.2) is 22.9 Å². The van der Waals surface area contributed by atoms with Crippen molar-refractivity contribution in [2.45, 2.75) is 50.9 Å². The molecule has 6 aromatic rings. The number of aryl methyl sites for hydroxylation is 2. The zero-order chi connectivity index (χ0) is 50.0. The van der Waals surface area contributed by atoms with Gasteiger partial charge >= 0.3 is 0 Å². The third-order valence-electron chi connectivity index (χ3n) is 12.6. The molecule has 2 unspecified atom stereocenters. The van der Waals surface area contributed by atoms with Gasteiger partial charge in [0.05, 0.1) is 12.1 Å². The number of fused-ring (bicyclic) bond motifs is 12. The maximum absolute atomic E-state index is 13.9. The number of carbonyl (C=O) groups excluding carboxylic acids is 4. The zero-order valence-corrected chi connectivity index (χ0v) is 37.4. The van der Waals surface area contributed by atoms with Gasteiger partial charge in [0.2, 0.25) is 10.9 Å². The summed E-state index contributed by atoms with van der Waals surface area (Å²) in [4.78, 5) is 80.5. The van der Waals surface area contributed by atoms with Crippen LogP contribution in [0.25, 0.3) is 0 Å². The maximum atomic E-state index is 13.9. The van der Waals surface area contributed by atoms with Gasteiger partial charge in [-0.3, -0.25) is 28.8 Å². The van der Waals surface area contributed by atoms with Gasteiger partial charge in [0.1, 0.15) is 46.0 Å². The lowest BCUT2D eigenvalue weighted by atomic mass is 10.0. The number of benzene rings is 4. The largest absolute Gasteiger partial charge is 0.503 e. The minimum absolute atomic E-state index is 0.246. The van der Waals surface area contributed by atoms with Gasteiger partial charge in [-0.05, 0) is 73.2 Å². The lowest BCUT2D eigenvalue weighted by molar-refractivity contribution is 0.0929. The van der Waals surface area contributed by atoms with E-state index in [2.05, 4.69) is 10.6 Å². The summed E-state index contributed by atoms with van der Waals surface area (Å²) >= 11 is 12.2. The van der Waals surface area contributed by atoms with Gasteiger partial charge in [0.25, 0.3) is 23.6 Å². The average molecular weight is 1010 g/mol. The molecule has 0 saturated heterocycles. The van der Waals surface area contributed by atoms with Gasteiger partial charge in [-0.1, -0.05) is 23.2 Å². The van der Waals surface area contributed by atoms with Crippen LogP contribution in [0.2, 0.25) is 10.0 Å². The molecule has 0 radical (unpaired) electrons. The first kappa shape index (κ1) is 47.5. The van der Waals surface area contributed by atoms with Crippen LogP contribution in [0.5, 0.6) is 11.5 Å². The third-order valence-corrected chi connectivity index (χ3v) is 13.1. The van der Waals surface area contributed by atoms with Crippen molar-refractivity contribution in [2.75, 3.05) is 22.9 Å². The van der Waals surface area contributed by atoms with Crippen LogP contribution >= 0.6 is 23.2 Å². The molecule has 10 rings (SSSR count). The number of nitrogens with zero attached hydrogens (tertiary/aromatic N) is 4. The number of hydrogen-bond acceptors (Lipinski definition) is 8. The summed E-state index contributed by atoms with van der Waals surface area (Å²) in [5.41, 5.74) is -1.94. The average Bonchev–Trinajstić information content (AvgIpc) is 3.58. The number of hydrogen-bond donors (Lipinski definition) is 4. The van der Waals surface area contributed by atoms with Gasteiger partial charge in [-0.25, -0.2) is 26.3 Å². The van der Waals surface area contributed by atoms with Crippen molar-refractivity contribution >= 4 is 58.2 Å². The number of pyridine rings is 2. The fraction of sp³-hybridized carbons (Fsp3) is 0.208. The number of aromatic nitrogens is 2. The molecule has 4 aliphatic heterocycles. The highest BCUT2D eigenvalue weighted by molar-refractivity contribution is 6.31. The van der Waals surface area contributed by atoms with Crippen LogP contribution in [0, 0.1) is 34.9 Å². The second-order valence-electron chi connectivity index (χ2n) is 16.8. The van der Waals surface area contributed by atoms with E-state index in [0.717, 1.165) is 11.1 Å². The Bertz CT molecular complexity index is 3120.